The van der Waals surface area contributed by atoms with Crippen LogP contribution in [0.4, 0.5) is 0 Å². The zero-order valence-corrected chi connectivity index (χ0v) is 14.5. The smallest absolute Gasteiger partial charge is 0.305 e. The third kappa shape index (κ3) is 4.97. The SMILES string of the molecule is CC(O)COC(=O)CCC(C)(c1ccc(O)cc1)c1ccc(O)cc1. The lowest BCUT2D eigenvalue weighted by Gasteiger charge is -2.31. The van der Waals surface area contributed by atoms with Crippen LogP contribution in [0.5, 0.6) is 11.5 Å². The number of phenols is 2. The highest BCUT2D eigenvalue weighted by atomic mass is 16.5. The molecule has 5 nitrogen and oxygen atoms in total. The third-order valence-corrected chi connectivity index (χ3v) is 4.32. The standard InChI is InChI=1S/C20H24O5/c1-14(21)13-25-19(24)11-12-20(2,15-3-7-17(22)8-4-15)16-5-9-18(23)10-6-16/h3-10,14,21-23H,11-13H2,1-2H3. The molecular formula is C20H24O5. The summed E-state index contributed by atoms with van der Waals surface area (Å²) < 4.78 is 5.04. The predicted molar refractivity (Wildman–Crippen MR) is 94.5 cm³/mol. The Labute approximate surface area is 147 Å². The molecule has 0 saturated heterocycles. The summed E-state index contributed by atoms with van der Waals surface area (Å²) >= 11 is 0. The molecule has 2 aromatic carbocycles. The van der Waals surface area contributed by atoms with Gasteiger partial charge in [-0.05, 0) is 48.7 Å². The Bertz CT molecular complexity index is 644. The number of rotatable bonds is 7. The molecule has 2 aromatic rings. The summed E-state index contributed by atoms with van der Waals surface area (Å²) in [5.74, 6) is -0.0222. The van der Waals surface area contributed by atoms with Crippen molar-refractivity contribution in [2.24, 2.45) is 0 Å². The van der Waals surface area contributed by atoms with Gasteiger partial charge in [0.1, 0.15) is 18.1 Å². The summed E-state index contributed by atoms with van der Waals surface area (Å²) in [4.78, 5) is 12.0. The number of hydrogen-bond acceptors (Lipinski definition) is 5. The summed E-state index contributed by atoms with van der Waals surface area (Å²) in [6.45, 7) is 3.55. The number of aliphatic hydroxyl groups excluding tert-OH is 1. The average molecular weight is 344 g/mol. The van der Waals surface area contributed by atoms with Gasteiger partial charge in [-0.1, -0.05) is 31.2 Å². The van der Waals surface area contributed by atoms with Gasteiger partial charge in [0.25, 0.3) is 0 Å². The predicted octanol–water partition coefficient (Wildman–Crippen LogP) is 3.11. The number of ether oxygens (including phenoxy) is 1. The van der Waals surface area contributed by atoms with Gasteiger partial charge in [0, 0.05) is 11.8 Å². The Balaban J connectivity index is 2.24. The van der Waals surface area contributed by atoms with Crippen LogP contribution in [0.3, 0.4) is 0 Å². The maximum Gasteiger partial charge on any atom is 0.305 e. The van der Waals surface area contributed by atoms with Gasteiger partial charge in [-0.3, -0.25) is 4.79 Å². The Morgan fingerprint density at radius 3 is 1.84 bits per heavy atom. The number of phenolic OH excluding ortho intramolecular Hbond substituents is 2. The van der Waals surface area contributed by atoms with Crippen molar-refractivity contribution in [2.45, 2.75) is 38.2 Å². The van der Waals surface area contributed by atoms with Gasteiger partial charge in [-0.2, -0.15) is 0 Å². The third-order valence-electron chi connectivity index (χ3n) is 4.32. The van der Waals surface area contributed by atoms with Crippen molar-refractivity contribution in [3.05, 3.63) is 59.7 Å². The first-order valence-electron chi connectivity index (χ1n) is 8.24. The number of esters is 1. The van der Waals surface area contributed by atoms with Gasteiger partial charge in [-0.15, -0.1) is 0 Å². The number of carbonyl (C=O) groups excluding carboxylic acids is 1. The molecular weight excluding hydrogens is 320 g/mol. The van der Waals surface area contributed by atoms with Crippen LogP contribution in [0, 0.1) is 0 Å². The maximum atomic E-state index is 12.0. The molecule has 0 bridgehead atoms. The molecule has 0 aliphatic heterocycles. The van der Waals surface area contributed by atoms with Crippen LogP contribution in [-0.4, -0.2) is 34.0 Å². The molecule has 1 atom stereocenters. The van der Waals surface area contributed by atoms with E-state index in [-0.39, 0.29) is 30.5 Å². The average Bonchev–Trinajstić information content (AvgIpc) is 2.59. The molecule has 0 radical (unpaired) electrons. The van der Waals surface area contributed by atoms with Gasteiger partial charge in [0.05, 0.1) is 6.10 Å². The summed E-state index contributed by atoms with van der Waals surface area (Å²) in [7, 11) is 0. The van der Waals surface area contributed by atoms with E-state index < -0.39 is 11.5 Å². The molecule has 0 saturated carbocycles. The quantitative estimate of drug-likeness (QED) is 0.672. The summed E-state index contributed by atoms with van der Waals surface area (Å²) in [6.07, 6.45) is -0.0175. The van der Waals surface area contributed by atoms with Crippen LogP contribution < -0.4 is 0 Å². The van der Waals surface area contributed by atoms with E-state index in [9.17, 15) is 20.1 Å². The minimum Gasteiger partial charge on any atom is -0.508 e. The van der Waals surface area contributed by atoms with Gasteiger partial charge in [0.2, 0.25) is 0 Å². The van der Waals surface area contributed by atoms with Gasteiger partial charge < -0.3 is 20.1 Å². The molecule has 5 heteroatoms. The highest BCUT2D eigenvalue weighted by Gasteiger charge is 2.30. The zero-order valence-electron chi connectivity index (χ0n) is 14.5. The second-order valence-corrected chi connectivity index (χ2v) is 6.46. The van der Waals surface area contributed by atoms with Crippen LogP contribution in [-0.2, 0) is 14.9 Å². The topological polar surface area (TPSA) is 87.0 Å². The zero-order chi connectivity index (χ0) is 18.4. The lowest BCUT2D eigenvalue weighted by Crippen LogP contribution is -2.25. The molecule has 134 valence electrons. The molecule has 0 fully saturated rings. The lowest BCUT2D eigenvalue weighted by atomic mass is 9.73. The van der Waals surface area contributed by atoms with Crippen LogP contribution >= 0.6 is 0 Å². The second-order valence-electron chi connectivity index (χ2n) is 6.46. The van der Waals surface area contributed by atoms with Crippen LogP contribution in [0.25, 0.3) is 0 Å². The van der Waals surface area contributed by atoms with Crippen molar-refractivity contribution in [2.75, 3.05) is 6.61 Å². The molecule has 0 aliphatic rings. The Kier molecular flexibility index (Phi) is 6.04. The lowest BCUT2D eigenvalue weighted by molar-refractivity contribution is -0.146. The largest absolute Gasteiger partial charge is 0.508 e. The van der Waals surface area contributed by atoms with Crippen LogP contribution in [0.1, 0.15) is 37.8 Å². The monoisotopic (exact) mass is 344 g/mol. The molecule has 25 heavy (non-hydrogen) atoms. The minimum atomic E-state index is -0.690. The number of hydrogen-bond donors (Lipinski definition) is 3. The van der Waals surface area contributed by atoms with E-state index in [1.165, 1.54) is 0 Å². The number of carbonyl (C=O) groups is 1. The Morgan fingerprint density at radius 1 is 1.00 bits per heavy atom. The first-order valence-corrected chi connectivity index (χ1v) is 8.24. The molecule has 1 unspecified atom stereocenters. The fourth-order valence-electron chi connectivity index (χ4n) is 2.75. The van der Waals surface area contributed by atoms with Crippen molar-refractivity contribution in [3.8, 4) is 11.5 Å². The van der Waals surface area contributed by atoms with Gasteiger partial charge in [0.15, 0.2) is 0 Å². The van der Waals surface area contributed by atoms with E-state index in [2.05, 4.69) is 0 Å². The summed E-state index contributed by atoms with van der Waals surface area (Å²) in [5.41, 5.74) is 1.39. The molecule has 3 N–H and O–H groups in total. The molecule has 0 heterocycles. The van der Waals surface area contributed by atoms with Crippen molar-refractivity contribution < 1.29 is 24.9 Å². The van der Waals surface area contributed by atoms with E-state index in [1.54, 1.807) is 31.2 Å². The van der Waals surface area contributed by atoms with Crippen molar-refractivity contribution in [3.63, 3.8) is 0 Å². The molecule has 0 aliphatic carbocycles. The first-order chi connectivity index (χ1) is 11.8. The molecule has 2 rings (SSSR count). The van der Waals surface area contributed by atoms with Crippen molar-refractivity contribution >= 4 is 5.97 Å². The normalized spacial score (nSPS) is 12.6. The highest BCUT2D eigenvalue weighted by molar-refractivity contribution is 5.69. The van der Waals surface area contributed by atoms with Crippen molar-refractivity contribution in [1.82, 2.24) is 0 Å². The van der Waals surface area contributed by atoms with Crippen LogP contribution in [0.2, 0.25) is 0 Å². The Morgan fingerprint density at radius 2 is 1.44 bits per heavy atom. The van der Waals surface area contributed by atoms with E-state index in [1.807, 2.05) is 31.2 Å². The number of aromatic hydroxyl groups is 2. The van der Waals surface area contributed by atoms with E-state index in [0.29, 0.717) is 6.42 Å². The first kappa shape index (κ1) is 18.8. The fourth-order valence-corrected chi connectivity index (χ4v) is 2.75. The minimum absolute atomic E-state index is 0.0199. The molecule has 0 spiro atoms. The number of aliphatic hydroxyl groups is 1. The summed E-state index contributed by atoms with van der Waals surface area (Å²) in [6, 6.07) is 13.7. The second kappa shape index (κ2) is 8.03. The maximum absolute atomic E-state index is 12.0. The van der Waals surface area contributed by atoms with Crippen molar-refractivity contribution in [1.29, 1.82) is 0 Å². The van der Waals surface area contributed by atoms with E-state index in [4.69, 9.17) is 4.74 Å². The van der Waals surface area contributed by atoms with E-state index in [0.717, 1.165) is 11.1 Å². The van der Waals surface area contributed by atoms with E-state index >= 15 is 0 Å². The Hall–Kier alpha value is -2.53. The number of benzene rings is 2. The molecule has 0 aromatic heterocycles. The highest BCUT2D eigenvalue weighted by Crippen LogP contribution is 2.37. The van der Waals surface area contributed by atoms with Gasteiger partial charge in [-0.25, -0.2) is 0 Å². The van der Waals surface area contributed by atoms with Crippen LogP contribution in [0.15, 0.2) is 48.5 Å². The van der Waals surface area contributed by atoms with Gasteiger partial charge >= 0.3 is 5.97 Å². The molecule has 0 amide bonds. The summed E-state index contributed by atoms with van der Waals surface area (Å²) in [5, 5.41) is 28.3. The fraction of sp³-hybridized carbons (Fsp3) is 0.350.